The SMILES string of the molecule is CCOC(=O)c1ccc(C=CC=O)c([N+](=O)[O-])c1. The lowest BCUT2D eigenvalue weighted by Crippen LogP contribution is -2.05. The van der Waals surface area contributed by atoms with E-state index in [-0.39, 0.29) is 23.4 Å². The number of allylic oxidation sites excluding steroid dienone is 1. The van der Waals surface area contributed by atoms with Gasteiger partial charge < -0.3 is 4.74 Å². The predicted molar refractivity (Wildman–Crippen MR) is 64.2 cm³/mol. The van der Waals surface area contributed by atoms with Crippen molar-refractivity contribution in [3.63, 3.8) is 0 Å². The summed E-state index contributed by atoms with van der Waals surface area (Å²) in [6, 6.07) is 3.93. The molecule has 0 aromatic heterocycles. The number of hydrogen-bond acceptors (Lipinski definition) is 5. The molecule has 0 amide bonds. The second-order valence-electron chi connectivity index (χ2n) is 3.25. The van der Waals surface area contributed by atoms with Crippen molar-refractivity contribution < 1.29 is 19.2 Å². The van der Waals surface area contributed by atoms with Gasteiger partial charge in [-0.3, -0.25) is 14.9 Å². The van der Waals surface area contributed by atoms with E-state index in [1.54, 1.807) is 6.92 Å². The van der Waals surface area contributed by atoms with Crippen LogP contribution in [0.15, 0.2) is 24.3 Å². The van der Waals surface area contributed by atoms with E-state index >= 15 is 0 Å². The van der Waals surface area contributed by atoms with Crippen molar-refractivity contribution in [2.24, 2.45) is 0 Å². The Labute approximate surface area is 103 Å². The van der Waals surface area contributed by atoms with Crippen LogP contribution in [0.5, 0.6) is 0 Å². The molecule has 1 aromatic rings. The standard InChI is InChI=1S/C12H11NO5/c1-2-18-12(15)10-6-5-9(4-3-7-14)11(8-10)13(16)17/h3-8H,2H2,1H3. The zero-order valence-electron chi connectivity index (χ0n) is 9.66. The van der Waals surface area contributed by atoms with Gasteiger partial charge in [0.2, 0.25) is 0 Å². The van der Waals surface area contributed by atoms with Crippen LogP contribution in [0.4, 0.5) is 5.69 Å². The van der Waals surface area contributed by atoms with Crippen molar-refractivity contribution in [3.05, 3.63) is 45.5 Å². The molecule has 0 aliphatic heterocycles. The fraction of sp³-hybridized carbons (Fsp3) is 0.167. The normalized spacial score (nSPS) is 10.3. The third-order valence-corrected chi connectivity index (χ3v) is 2.09. The third-order valence-electron chi connectivity index (χ3n) is 2.09. The Bertz CT molecular complexity index is 507. The van der Waals surface area contributed by atoms with Crippen LogP contribution in [0.25, 0.3) is 6.08 Å². The number of aldehydes is 1. The summed E-state index contributed by atoms with van der Waals surface area (Å²) in [5.74, 6) is -0.619. The number of carbonyl (C=O) groups excluding carboxylic acids is 2. The maximum Gasteiger partial charge on any atom is 0.338 e. The predicted octanol–water partition coefficient (Wildman–Crippen LogP) is 1.98. The number of nitro groups is 1. The monoisotopic (exact) mass is 249 g/mol. The molecule has 0 radical (unpaired) electrons. The van der Waals surface area contributed by atoms with Crippen LogP contribution in [0, 0.1) is 10.1 Å². The minimum Gasteiger partial charge on any atom is -0.462 e. The van der Waals surface area contributed by atoms with Gasteiger partial charge in [0.1, 0.15) is 6.29 Å². The zero-order valence-corrected chi connectivity index (χ0v) is 9.66. The second kappa shape index (κ2) is 6.29. The Hall–Kier alpha value is -2.50. The summed E-state index contributed by atoms with van der Waals surface area (Å²) in [6.45, 7) is 1.84. The van der Waals surface area contributed by atoms with Gasteiger partial charge >= 0.3 is 5.97 Å². The molecule has 0 unspecified atom stereocenters. The minimum atomic E-state index is -0.619. The number of rotatable bonds is 5. The smallest absolute Gasteiger partial charge is 0.338 e. The molecule has 0 heterocycles. The number of carbonyl (C=O) groups is 2. The first-order valence-electron chi connectivity index (χ1n) is 5.17. The van der Waals surface area contributed by atoms with Crippen LogP contribution in [0.1, 0.15) is 22.8 Å². The zero-order chi connectivity index (χ0) is 13.5. The van der Waals surface area contributed by atoms with Gasteiger partial charge in [0.15, 0.2) is 0 Å². The Kier molecular flexibility index (Phi) is 4.74. The highest BCUT2D eigenvalue weighted by Gasteiger charge is 2.16. The Morgan fingerprint density at radius 3 is 2.78 bits per heavy atom. The van der Waals surface area contributed by atoms with Gasteiger partial charge in [-0.1, -0.05) is 0 Å². The third kappa shape index (κ3) is 3.24. The van der Waals surface area contributed by atoms with Crippen molar-refractivity contribution in [2.45, 2.75) is 6.92 Å². The van der Waals surface area contributed by atoms with Crippen molar-refractivity contribution in [1.29, 1.82) is 0 Å². The topological polar surface area (TPSA) is 86.5 Å². The van der Waals surface area contributed by atoms with E-state index in [4.69, 9.17) is 4.74 Å². The lowest BCUT2D eigenvalue weighted by atomic mass is 10.1. The van der Waals surface area contributed by atoms with E-state index in [1.165, 1.54) is 18.2 Å². The molecule has 0 N–H and O–H groups in total. The van der Waals surface area contributed by atoms with Crippen molar-refractivity contribution in [1.82, 2.24) is 0 Å². The van der Waals surface area contributed by atoms with Crippen LogP contribution in [-0.4, -0.2) is 23.8 Å². The number of ether oxygens (including phenoxy) is 1. The lowest BCUT2D eigenvalue weighted by Gasteiger charge is -2.03. The summed E-state index contributed by atoms with van der Waals surface area (Å²) in [5, 5.41) is 10.8. The molecule has 0 saturated heterocycles. The average molecular weight is 249 g/mol. The van der Waals surface area contributed by atoms with Crippen molar-refractivity contribution >= 4 is 24.0 Å². The molecule has 0 fully saturated rings. The number of hydrogen-bond donors (Lipinski definition) is 0. The molecular formula is C12H11NO5. The quantitative estimate of drug-likeness (QED) is 0.262. The Morgan fingerprint density at radius 1 is 1.50 bits per heavy atom. The second-order valence-corrected chi connectivity index (χ2v) is 3.25. The van der Waals surface area contributed by atoms with Gasteiger partial charge in [-0.05, 0) is 31.2 Å². The highest BCUT2D eigenvalue weighted by atomic mass is 16.6. The van der Waals surface area contributed by atoms with Crippen LogP contribution < -0.4 is 0 Å². The lowest BCUT2D eigenvalue weighted by molar-refractivity contribution is -0.385. The number of benzene rings is 1. The summed E-state index contributed by atoms with van der Waals surface area (Å²) >= 11 is 0. The average Bonchev–Trinajstić information content (AvgIpc) is 2.36. The number of nitrogens with zero attached hydrogens (tertiary/aromatic N) is 1. The molecule has 0 spiro atoms. The molecule has 0 saturated carbocycles. The minimum absolute atomic E-state index is 0.104. The Morgan fingerprint density at radius 2 is 2.22 bits per heavy atom. The van der Waals surface area contributed by atoms with Crippen LogP contribution in [-0.2, 0) is 9.53 Å². The fourth-order valence-electron chi connectivity index (χ4n) is 1.33. The highest BCUT2D eigenvalue weighted by molar-refractivity contribution is 5.91. The van der Waals surface area contributed by atoms with E-state index in [2.05, 4.69) is 0 Å². The molecule has 94 valence electrons. The van der Waals surface area contributed by atoms with E-state index in [0.29, 0.717) is 6.29 Å². The van der Waals surface area contributed by atoms with E-state index in [9.17, 15) is 19.7 Å². The molecule has 0 atom stereocenters. The first-order chi connectivity index (χ1) is 8.60. The fourth-order valence-corrected chi connectivity index (χ4v) is 1.33. The van der Waals surface area contributed by atoms with Gasteiger partial charge in [-0.15, -0.1) is 0 Å². The Balaban J connectivity index is 3.18. The van der Waals surface area contributed by atoms with Gasteiger partial charge in [-0.2, -0.15) is 0 Å². The molecule has 0 bridgehead atoms. The van der Waals surface area contributed by atoms with Crippen LogP contribution in [0.2, 0.25) is 0 Å². The molecule has 1 aromatic carbocycles. The number of esters is 1. The van der Waals surface area contributed by atoms with Crippen molar-refractivity contribution in [2.75, 3.05) is 6.61 Å². The first-order valence-corrected chi connectivity index (χ1v) is 5.17. The molecule has 6 nitrogen and oxygen atoms in total. The maximum absolute atomic E-state index is 11.4. The van der Waals surface area contributed by atoms with E-state index in [0.717, 1.165) is 12.1 Å². The maximum atomic E-state index is 11.4. The summed E-state index contributed by atoms with van der Waals surface area (Å²) in [5.41, 5.74) is 0.102. The largest absolute Gasteiger partial charge is 0.462 e. The number of nitro benzene ring substituents is 1. The van der Waals surface area contributed by atoms with Gasteiger partial charge in [0.05, 0.1) is 22.7 Å². The van der Waals surface area contributed by atoms with E-state index in [1.807, 2.05) is 0 Å². The summed E-state index contributed by atoms with van der Waals surface area (Å²) in [7, 11) is 0. The summed E-state index contributed by atoms with van der Waals surface area (Å²) < 4.78 is 4.75. The molecule has 6 heteroatoms. The van der Waals surface area contributed by atoms with Gasteiger partial charge in [-0.25, -0.2) is 4.79 Å². The molecule has 1 rings (SSSR count). The summed E-state index contributed by atoms with van der Waals surface area (Å²) in [6.07, 6.45) is 2.97. The van der Waals surface area contributed by atoms with Gasteiger partial charge in [0.25, 0.3) is 5.69 Å². The molecular weight excluding hydrogens is 238 g/mol. The van der Waals surface area contributed by atoms with Crippen molar-refractivity contribution in [3.8, 4) is 0 Å². The van der Waals surface area contributed by atoms with Crippen LogP contribution >= 0.6 is 0 Å². The molecule has 0 aliphatic rings. The molecule has 18 heavy (non-hydrogen) atoms. The van der Waals surface area contributed by atoms with Gasteiger partial charge in [0, 0.05) is 6.07 Å². The summed E-state index contributed by atoms with van der Waals surface area (Å²) in [4.78, 5) is 31.8. The van der Waals surface area contributed by atoms with Crippen LogP contribution in [0.3, 0.4) is 0 Å². The molecule has 0 aliphatic carbocycles. The highest BCUT2D eigenvalue weighted by Crippen LogP contribution is 2.22. The first kappa shape index (κ1) is 13.6. The van der Waals surface area contributed by atoms with E-state index < -0.39 is 10.9 Å².